The maximum absolute atomic E-state index is 12.4. The van der Waals surface area contributed by atoms with E-state index in [0.29, 0.717) is 11.1 Å². The van der Waals surface area contributed by atoms with Gasteiger partial charge in [-0.25, -0.2) is 0 Å². The number of amides is 2. The fraction of sp³-hybridized carbons (Fsp3) is 0.130. The Morgan fingerprint density at radius 3 is 1.85 bits per heavy atom. The molecule has 0 aliphatic rings. The van der Waals surface area contributed by atoms with E-state index in [0.717, 1.165) is 23.4 Å². The zero-order valence-electron chi connectivity index (χ0n) is 15.5. The van der Waals surface area contributed by atoms with Crippen molar-refractivity contribution in [1.29, 1.82) is 0 Å². The predicted molar refractivity (Wildman–Crippen MR) is 109 cm³/mol. The lowest BCUT2D eigenvalue weighted by atomic mass is 10.1. The summed E-state index contributed by atoms with van der Waals surface area (Å²) in [5, 5.41) is 5.75. The highest BCUT2D eigenvalue weighted by Crippen LogP contribution is 2.16. The van der Waals surface area contributed by atoms with Gasteiger partial charge in [0, 0.05) is 22.5 Å². The van der Waals surface area contributed by atoms with Gasteiger partial charge in [0.15, 0.2) is 0 Å². The first-order valence-electron chi connectivity index (χ1n) is 8.94. The Bertz CT molecular complexity index is 945. The fourth-order valence-electron chi connectivity index (χ4n) is 2.71. The molecule has 136 valence electrons. The summed E-state index contributed by atoms with van der Waals surface area (Å²) in [5.74, 6) is -0.406. The van der Waals surface area contributed by atoms with E-state index in [1.807, 2.05) is 55.5 Å². The molecule has 3 aromatic carbocycles. The second kappa shape index (κ2) is 8.32. The molecular formula is C23H22N2O2. The lowest BCUT2D eigenvalue weighted by molar-refractivity contribution is 0.101. The molecule has 0 aliphatic carbocycles. The maximum atomic E-state index is 12.4. The van der Waals surface area contributed by atoms with Gasteiger partial charge in [0.2, 0.25) is 0 Å². The van der Waals surface area contributed by atoms with Crippen LogP contribution in [0.25, 0.3) is 0 Å². The molecule has 0 bridgehead atoms. The van der Waals surface area contributed by atoms with E-state index in [9.17, 15) is 9.59 Å². The Kier molecular flexibility index (Phi) is 5.67. The minimum absolute atomic E-state index is 0.202. The molecule has 2 amide bonds. The lowest BCUT2D eigenvalue weighted by Crippen LogP contribution is -2.14. The standard InChI is InChI=1S/C23H22N2O2/c1-3-17-8-14-20(15-9-17)24-22(26)18-10-12-19(13-11-18)23(27)25-21-7-5-4-6-16(21)2/h4-15H,3H2,1-2H3,(H,24,26)(H,25,27). The number of hydrogen-bond donors (Lipinski definition) is 2. The van der Waals surface area contributed by atoms with Crippen LogP contribution in [0.3, 0.4) is 0 Å². The minimum Gasteiger partial charge on any atom is -0.322 e. The van der Waals surface area contributed by atoms with Gasteiger partial charge in [0.1, 0.15) is 0 Å². The summed E-state index contributed by atoms with van der Waals surface area (Å²) in [7, 11) is 0. The van der Waals surface area contributed by atoms with Crippen molar-refractivity contribution < 1.29 is 9.59 Å². The number of aryl methyl sites for hydroxylation is 2. The molecule has 3 rings (SSSR count). The quantitative estimate of drug-likeness (QED) is 0.669. The molecule has 0 fully saturated rings. The molecule has 0 aromatic heterocycles. The first-order chi connectivity index (χ1) is 13.1. The van der Waals surface area contributed by atoms with Crippen molar-refractivity contribution >= 4 is 23.2 Å². The highest BCUT2D eigenvalue weighted by Gasteiger charge is 2.10. The molecule has 27 heavy (non-hydrogen) atoms. The maximum Gasteiger partial charge on any atom is 0.255 e. The number of para-hydroxylation sites is 1. The third-order valence-corrected chi connectivity index (χ3v) is 4.42. The van der Waals surface area contributed by atoms with Crippen molar-refractivity contribution in [2.75, 3.05) is 10.6 Å². The molecule has 2 N–H and O–H groups in total. The molecule has 0 saturated heterocycles. The van der Waals surface area contributed by atoms with Gasteiger partial charge < -0.3 is 10.6 Å². The zero-order valence-corrected chi connectivity index (χ0v) is 15.5. The Morgan fingerprint density at radius 2 is 1.30 bits per heavy atom. The van der Waals surface area contributed by atoms with E-state index in [1.54, 1.807) is 24.3 Å². The Balaban J connectivity index is 1.66. The second-order valence-corrected chi connectivity index (χ2v) is 6.35. The van der Waals surface area contributed by atoms with Gasteiger partial charge in [-0.1, -0.05) is 37.3 Å². The number of anilines is 2. The van der Waals surface area contributed by atoms with Gasteiger partial charge in [-0.15, -0.1) is 0 Å². The van der Waals surface area contributed by atoms with Crippen LogP contribution < -0.4 is 10.6 Å². The van der Waals surface area contributed by atoms with Gasteiger partial charge in [-0.2, -0.15) is 0 Å². The molecule has 0 radical (unpaired) electrons. The van der Waals surface area contributed by atoms with Crippen LogP contribution in [0.4, 0.5) is 11.4 Å². The molecule has 3 aromatic rings. The molecule has 0 atom stereocenters. The normalized spacial score (nSPS) is 10.3. The van der Waals surface area contributed by atoms with Gasteiger partial charge in [-0.3, -0.25) is 9.59 Å². The molecular weight excluding hydrogens is 336 g/mol. The number of benzene rings is 3. The summed E-state index contributed by atoms with van der Waals surface area (Å²) in [5.41, 5.74) is 4.75. The summed E-state index contributed by atoms with van der Waals surface area (Å²) >= 11 is 0. The van der Waals surface area contributed by atoms with Crippen LogP contribution in [-0.4, -0.2) is 11.8 Å². The average molecular weight is 358 g/mol. The van der Waals surface area contributed by atoms with Crippen LogP contribution in [-0.2, 0) is 6.42 Å². The molecule has 4 heteroatoms. The van der Waals surface area contributed by atoms with E-state index < -0.39 is 0 Å². The van der Waals surface area contributed by atoms with Crippen molar-refractivity contribution in [3.63, 3.8) is 0 Å². The van der Waals surface area contributed by atoms with Crippen molar-refractivity contribution in [2.24, 2.45) is 0 Å². The van der Waals surface area contributed by atoms with Crippen LogP contribution in [0.1, 0.15) is 38.8 Å². The molecule has 4 nitrogen and oxygen atoms in total. The monoisotopic (exact) mass is 358 g/mol. The number of rotatable bonds is 5. The summed E-state index contributed by atoms with van der Waals surface area (Å²) in [4.78, 5) is 24.8. The SMILES string of the molecule is CCc1ccc(NC(=O)c2ccc(C(=O)Nc3ccccc3C)cc2)cc1. The van der Waals surface area contributed by atoms with Gasteiger partial charge in [-0.05, 0) is 66.9 Å². The molecule has 0 unspecified atom stereocenters. The zero-order chi connectivity index (χ0) is 19.2. The Labute approximate surface area is 159 Å². The first-order valence-corrected chi connectivity index (χ1v) is 8.94. The highest BCUT2D eigenvalue weighted by molar-refractivity contribution is 6.07. The molecule has 0 spiro atoms. The van der Waals surface area contributed by atoms with E-state index in [2.05, 4.69) is 17.6 Å². The van der Waals surface area contributed by atoms with Crippen LogP contribution in [0.15, 0.2) is 72.8 Å². The first kappa shape index (κ1) is 18.4. The predicted octanol–water partition coefficient (Wildman–Crippen LogP) is 5.06. The highest BCUT2D eigenvalue weighted by atomic mass is 16.2. The van der Waals surface area contributed by atoms with Crippen LogP contribution in [0, 0.1) is 6.92 Å². The topological polar surface area (TPSA) is 58.2 Å². The summed E-state index contributed by atoms with van der Waals surface area (Å²) in [6.07, 6.45) is 0.959. The third kappa shape index (κ3) is 4.61. The number of hydrogen-bond acceptors (Lipinski definition) is 2. The van der Waals surface area contributed by atoms with Gasteiger partial charge in [0.25, 0.3) is 11.8 Å². The number of carbonyl (C=O) groups is 2. The molecule has 0 aliphatic heterocycles. The van der Waals surface area contributed by atoms with Crippen molar-refractivity contribution in [3.05, 3.63) is 95.1 Å². The fourth-order valence-corrected chi connectivity index (χ4v) is 2.71. The smallest absolute Gasteiger partial charge is 0.255 e. The molecule has 0 heterocycles. The largest absolute Gasteiger partial charge is 0.322 e. The summed E-state index contributed by atoms with van der Waals surface area (Å²) in [6.45, 7) is 4.03. The lowest BCUT2D eigenvalue weighted by Gasteiger charge is -2.09. The van der Waals surface area contributed by atoms with Crippen molar-refractivity contribution in [3.8, 4) is 0 Å². The summed E-state index contributed by atoms with van der Waals surface area (Å²) < 4.78 is 0. The van der Waals surface area contributed by atoms with E-state index >= 15 is 0 Å². The van der Waals surface area contributed by atoms with Gasteiger partial charge >= 0.3 is 0 Å². The number of carbonyl (C=O) groups excluding carboxylic acids is 2. The molecule has 0 saturated carbocycles. The minimum atomic E-state index is -0.204. The van der Waals surface area contributed by atoms with E-state index in [4.69, 9.17) is 0 Å². The second-order valence-electron chi connectivity index (χ2n) is 6.35. The Morgan fingerprint density at radius 1 is 0.741 bits per heavy atom. The van der Waals surface area contributed by atoms with Crippen molar-refractivity contribution in [2.45, 2.75) is 20.3 Å². The van der Waals surface area contributed by atoms with E-state index in [-0.39, 0.29) is 11.8 Å². The Hall–Kier alpha value is -3.40. The van der Waals surface area contributed by atoms with Crippen molar-refractivity contribution in [1.82, 2.24) is 0 Å². The van der Waals surface area contributed by atoms with Crippen LogP contribution in [0.5, 0.6) is 0 Å². The van der Waals surface area contributed by atoms with E-state index in [1.165, 1.54) is 5.56 Å². The third-order valence-electron chi connectivity index (χ3n) is 4.42. The summed E-state index contributed by atoms with van der Waals surface area (Å²) in [6, 6.07) is 22.0. The van der Waals surface area contributed by atoms with Crippen LogP contribution >= 0.6 is 0 Å². The average Bonchev–Trinajstić information content (AvgIpc) is 2.70. The van der Waals surface area contributed by atoms with Gasteiger partial charge in [0.05, 0.1) is 0 Å². The van der Waals surface area contributed by atoms with Crippen LogP contribution in [0.2, 0.25) is 0 Å². The number of nitrogens with one attached hydrogen (secondary N) is 2.